The predicted molar refractivity (Wildman–Crippen MR) is 83.0 cm³/mol. The number of rotatable bonds is 5. The molecule has 0 saturated heterocycles. The van der Waals surface area contributed by atoms with Crippen molar-refractivity contribution in [2.75, 3.05) is 16.8 Å². The summed E-state index contributed by atoms with van der Waals surface area (Å²) in [5.74, 6) is 1.60. The molecule has 4 nitrogen and oxygen atoms in total. The number of benzene rings is 1. The number of aryl methyl sites for hydroxylation is 1. The minimum absolute atomic E-state index is 0.00709. The van der Waals surface area contributed by atoms with Crippen LogP contribution in [0.25, 0.3) is 0 Å². The highest BCUT2D eigenvalue weighted by atomic mass is 32.2. The van der Waals surface area contributed by atoms with Crippen LogP contribution in [0.3, 0.4) is 0 Å². The lowest BCUT2D eigenvalue weighted by Gasteiger charge is -2.09. The highest BCUT2D eigenvalue weighted by Gasteiger charge is 2.08. The Balaban J connectivity index is 1.84. The molecule has 20 heavy (non-hydrogen) atoms. The van der Waals surface area contributed by atoms with Crippen molar-refractivity contribution in [2.24, 2.45) is 0 Å². The molecule has 1 amide bonds. The van der Waals surface area contributed by atoms with Crippen molar-refractivity contribution in [3.63, 3.8) is 0 Å². The Bertz CT molecular complexity index is 608. The first-order valence-electron chi connectivity index (χ1n) is 6.40. The number of carbonyl (C=O) groups excluding carboxylic acids is 1. The van der Waals surface area contributed by atoms with Gasteiger partial charge in [-0.15, -0.1) is 11.8 Å². The monoisotopic (exact) mass is 290 g/mol. The first-order valence-corrected chi connectivity index (χ1v) is 7.38. The molecule has 0 unspecified atom stereocenters. The van der Waals surface area contributed by atoms with Crippen molar-refractivity contribution in [3.8, 4) is 0 Å². The van der Waals surface area contributed by atoms with E-state index in [2.05, 4.69) is 5.32 Å². The van der Waals surface area contributed by atoms with Crippen molar-refractivity contribution >= 4 is 29.0 Å². The van der Waals surface area contributed by atoms with Crippen molar-refractivity contribution in [1.82, 2.24) is 0 Å². The van der Waals surface area contributed by atoms with Gasteiger partial charge >= 0.3 is 0 Å². The largest absolute Gasteiger partial charge is 0.468 e. The number of furan rings is 1. The number of anilines is 2. The van der Waals surface area contributed by atoms with E-state index in [1.54, 1.807) is 18.0 Å². The van der Waals surface area contributed by atoms with Crippen LogP contribution in [0.4, 0.5) is 11.4 Å². The lowest BCUT2D eigenvalue weighted by atomic mass is 10.1. The van der Waals surface area contributed by atoms with Gasteiger partial charge in [-0.2, -0.15) is 0 Å². The molecule has 2 aromatic rings. The maximum absolute atomic E-state index is 11.9. The minimum atomic E-state index is -0.00709. The molecule has 1 heterocycles. The van der Waals surface area contributed by atoms with Gasteiger partial charge in [-0.05, 0) is 37.6 Å². The summed E-state index contributed by atoms with van der Waals surface area (Å²) in [6.07, 6.45) is 2.11. The molecular formula is C15H18N2O2S. The van der Waals surface area contributed by atoms with Gasteiger partial charge in [-0.25, -0.2) is 0 Å². The zero-order valence-corrected chi connectivity index (χ0v) is 12.4. The van der Waals surface area contributed by atoms with Gasteiger partial charge in [-0.3, -0.25) is 4.79 Å². The molecular weight excluding hydrogens is 272 g/mol. The molecule has 0 atom stereocenters. The van der Waals surface area contributed by atoms with Gasteiger partial charge in [0.25, 0.3) is 0 Å². The van der Waals surface area contributed by atoms with E-state index in [0.717, 1.165) is 21.9 Å². The molecule has 0 aliphatic carbocycles. The third-order valence-electron chi connectivity index (χ3n) is 3.05. The molecule has 0 spiro atoms. The molecule has 0 saturated carbocycles. The van der Waals surface area contributed by atoms with Gasteiger partial charge in [0.1, 0.15) is 5.76 Å². The highest BCUT2D eigenvalue weighted by molar-refractivity contribution is 7.99. The zero-order valence-electron chi connectivity index (χ0n) is 11.6. The fourth-order valence-electron chi connectivity index (χ4n) is 1.78. The Kier molecular flexibility index (Phi) is 4.74. The third-order valence-corrected chi connectivity index (χ3v) is 4.19. The lowest BCUT2D eigenvalue weighted by molar-refractivity contribution is -0.115. The number of amides is 1. The second-order valence-electron chi connectivity index (χ2n) is 4.51. The van der Waals surface area contributed by atoms with E-state index >= 15 is 0 Å². The first kappa shape index (κ1) is 14.5. The Labute approximate surface area is 122 Å². The van der Waals surface area contributed by atoms with Crippen LogP contribution < -0.4 is 11.1 Å². The van der Waals surface area contributed by atoms with Crippen LogP contribution in [0.2, 0.25) is 0 Å². The van der Waals surface area contributed by atoms with Crippen LogP contribution in [0.5, 0.6) is 0 Å². The number of hydrogen-bond acceptors (Lipinski definition) is 4. The molecule has 106 valence electrons. The van der Waals surface area contributed by atoms with Crippen LogP contribution in [-0.4, -0.2) is 11.7 Å². The molecule has 2 rings (SSSR count). The van der Waals surface area contributed by atoms with Crippen LogP contribution in [0.15, 0.2) is 39.8 Å². The van der Waals surface area contributed by atoms with Gasteiger partial charge in [0.2, 0.25) is 5.91 Å². The van der Waals surface area contributed by atoms with E-state index in [1.165, 1.54) is 0 Å². The standard InChI is InChI=1S/C15H18N2O2S/c1-10-12(16)4-3-5-13(10)17-15(18)7-9-20-14-6-8-19-11(14)2/h3-6,8H,7,9,16H2,1-2H3,(H,17,18). The van der Waals surface area contributed by atoms with Gasteiger partial charge in [0.05, 0.1) is 6.26 Å². The van der Waals surface area contributed by atoms with Crippen LogP contribution >= 0.6 is 11.8 Å². The quantitative estimate of drug-likeness (QED) is 0.652. The van der Waals surface area contributed by atoms with Crippen molar-refractivity contribution in [2.45, 2.75) is 25.2 Å². The van der Waals surface area contributed by atoms with Crippen LogP contribution in [0.1, 0.15) is 17.7 Å². The molecule has 0 fully saturated rings. The molecule has 1 aromatic carbocycles. The maximum Gasteiger partial charge on any atom is 0.225 e. The highest BCUT2D eigenvalue weighted by Crippen LogP contribution is 2.24. The van der Waals surface area contributed by atoms with Crippen LogP contribution in [-0.2, 0) is 4.79 Å². The van der Waals surface area contributed by atoms with Crippen molar-refractivity contribution < 1.29 is 9.21 Å². The Hall–Kier alpha value is -1.88. The molecule has 0 aliphatic rings. The fraction of sp³-hybridized carbons (Fsp3) is 0.267. The molecule has 0 radical (unpaired) electrons. The van der Waals surface area contributed by atoms with Gasteiger partial charge in [0, 0.05) is 28.4 Å². The summed E-state index contributed by atoms with van der Waals surface area (Å²) < 4.78 is 5.21. The van der Waals surface area contributed by atoms with Crippen molar-refractivity contribution in [1.29, 1.82) is 0 Å². The predicted octanol–water partition coefficient (Wildman–Crippen LogP) is 3.60. The van der Waals surface area contributed by atoms with E-state index in [1.807, 2.05) is 38.1 Å². The summed E-state index contributed by atoms with van der Waals surface area (Å²) in [5, 5.41) is 2.89. The zero-order chi connectivity index (χ0) is 14.5. The molecule has 3 N–H and O–H groups in total. The number of nitrogens with one attached hydrogen (secondary N) is 1. The fourth-order valence-corrected chi connectivity index (χ4v) is 2.69. The number of nitrogens with two attached hydrogens (primary N) is 1. The third kappa shape index (κ3) is 3.57. The molecule has 0 bridgehead atoms. The van der Waals surface area contributed by atoms with E-state index in [4.69, 9.17) is 10.2 Å². The van der Waals surface area contributed by atoms with E-state index < -0.39 is 0 Å². The normalized spacial score (nSPS) is 10.5. The summed E-state index contributed by atoms with van der Waals surface area (Å²) in [6.45, 7) is 3.81. The lowest BCUT2D eigenvalue weighted by Crippen LogP contribution is -2.13. The number of hydrogen-bond donors (Lipinski definition) is 2. The second kappa shape index (κ2) is 6.52. The van der Waals surface area contributed by atoms with E-state index in [0.29, 0.717) is 17.9 Å². The maximum atomic E-state index is 11.9. The molecule has 0 aliphatic heterocycles. The summed E-state index contributed by atoms with van der Waals surface area (Å²) in [6, 6.07) is 7.43. The molecule has 1 aromatic heterocycles. The average Bonchev–Trinajstić information content (AvgIpc) is 2.81. The van der Waals surface area contributed by atoms with Crippen LogP contribution in [0, 0.1) is 13.8 Å². The summed E-state index contributed by atoms with van der Waals surface area (Å²) in [7, 11) is 0. The number of nitrogen functional groups attached to an aromatic ring is 1. The first-order chi connectivity index (χ1) is 9.58. The molecule has 5 heteroatoms. The second-order valence-corrected chi connectivity index (χ2v) is 5.64. The SMILES string of the molecule is Cc1occc1SCCC(=O)Nc1cccc(N)c1C. The average molecular weight is 290 g/mol. The van der Waals surface area contributed by atoms with Gasteiger partial charge < -0.3 is 15.5 Å². The van der Waals surface area contributed by atoms with E-state index in [9.17, 15) is 4.79 Å². The number of thioether (sulfide) groups is 1. The van der Waals surface area contributed by atoms with Crippen molar-refractivity contribution in [3.05, 3.63) is 41.9 Å². The summed E-state index contributed by atoms with van der Waals surface area (Å²) in [5.41, 5.74) is 8.18. The van der Waals surface area contributed by atoms with E-state index in [-0.39, 0.29) is 5.91 Å². The number of carbonyl (C=O) groups is 1. The summed E-state index contributed by atoms with van der Waals surface area (Å²) in [4.78, 5) is 13.0. The minimum Gasteiger partial charge on any atom is -0.468 e. The smallest absolute Gasteiger partial charge is 0.225 e. The Morgan fingerprint density at radius 3 is 2.85 bits per heavy atom. The van der Waals surface area contributed by atoms with Gasteiger partial charge in [0.15, 0.2) is 0 Å². The topological polar surface area (TPSA) is 68.3 Å². The summed E-state index contributed by atoms with van der Waals surface area (Å²) >= 11 is 1.62. The Morgan fingerprint density at radius 1 is 1.35 bits per heavy atom. The van der Waals surface area contributed by atoms with Gasteiger partial charge in [-0.1, -0.05) is 6.07 Å². The Morgan fingerprint density at radius 2 is 2.15 bits per heavy atom.